The summed E-state index contributed by atoms with van der Waals surface area (Å²) < 4.78 is 13.1. The first-order valence-corrected chi connectivity index (χ1v) is 8.16. The van der Waals surface area contributed by atoms with Gasteiger partial charge in [0, 0.05) is 27.1 Å². The molecule has 1 amide bonds. The summed E-state index contributed by atoms with van der Waals surface area (Å²) >= 11 is 3.38. The van der Waals surface area contributed by atoms with Crippen LogP contribution in [0.4, 0.5) is 0 Å². The van der Waals surface area contributed by atoms with Gasteiger partial charge in [0.25, 0.3) is 0 Å². The van der Waals surface area contributed by atoms with Gasteiger partial charge < -0.3 is 5.32 Å². The molecule has 5 heteroatoms. The van der Waals surface area contributed by atoms with Gasteiger partial charge in [-0.25, -0.2) is 0 Å². The third kappa shape index (κ3) is 3.92. The molecule has 0 bridgehead atoms. The number of carbonyl (C=O) groups is 1. The predicted molar refractivity (Wildman–Crippen MR) is 76.6 cm³/mol. The number of benzene rings is 1. The molecule has 1 fully saturated rings. The van der Waals surface area contributed by atoms with E-state index in [4.69, 9.17) is 0 Å². The maximum Gasteiger partial charge on any atom is 0.235 e. The Hall–Kier alpha value is -0.680. The van der Waals surface area contributed by atoms with E-state index < -0.39 is 16.0 Å². The summed E-state index contributed by atoms with van der Waals surface area (Å²) in [6, 6.07) is 8.02. The SMILES string of the molecule is CC(C(=O)NC1CC1)S(=O)Cc1cccc(Br)c1. The van der Waals surface area contributed by atoms with Gasteiger partial charge in [-0.3, -0.25) is 9.00 Å². The predicted octanol–water partition coefficient (Wildman–Crippen LogP) is 2.36. The molecule has 0 saturated heterocycles. The molecular formula is C13H16BrNO2S. The topological polar surface area (TPSA) is 46.2 Å². The molecule has 0 spiro atoms. The average molecular weight is 330 g/mol. The van der Waals surface area contributed by atoms with Crippen LogP contribution in [-0.4, -0.2) is 21.4 Å². The van der Waals surface area contributed by atoms with Gasteiger partial charge in [-0.15, -0.1) is 0 Å². The van der Waals surface area contributed by atoms with E-state index >= 15 is 0 Å². The molecule has 1 saturated carbocycles. The van der Waals surface area contributed by atoms with Crippen LogP contribution in [0, 0.1) is 0 Å². The van der Waals surface area contributed by atoms with Crippen LogP contribution in [0.15, 0.2) is 28.7 Å². The molecule has 1 aliphatic rings. The third-order valence-corrected chi connectivity index (χ3v) is 5.00. The fourth-order valence-corrected chi connectivity index (χ4v) is 3.09. The molecule has 1 aromatic carbocycles. The highest BCUT2D eigenvalue weighted by atomic mass is 79.9. The van der Waals surface area contributed by atoms with Crippen molar-refractivity contribution in [3.63, 3.8) is 0 Å². The maximum atomic E-state index is 12.1. The van der Waals surface area contributed by atoms with Gasteiger partial charge in [0.2, 0.25) is 5.91 Å². The maximum absolute atomic E-state index is 12.1. The zero-order valence-electron chi connectivity index (χ0n) is 10.2. The van der Waals surface area contributed by atoms with Crippen molar-refractivity contribution in [2.24, 2.45) is 0 Å². The lowest BCUT2D eigenvalue weighted by Crippen LogP contribution is -2.37. The van der Waals surface area contributed by atoms with Crippen LogP contribution >= 0.6 is 15.9 Å². The molecule has 18 heavy (non-hydrogen) atoms. The van der Waals surface area contributed by atoms with Crippen LogP contribution in [0.2, 0.25) is 0 Å². The highest BCUT2D eigenvalue weighted by Crippen LogP contribution is 2.19. The van der Waals surface area contributed by atoms with E-state index in [-0.39, 0.29) is 5.91 Å². The summed E-state index contributed by atoms with van der Waals surface area (Å²) in [5, 5.41) is 2.44. The normalized spacial score (nSPS) is 18.1. The largest absolute Gasteiger partial charge is 0.352 e. The van der Waals surface area contributed by atoms with Crippen LogP contribution in [0.25, 0.3) is 0 Å². The van der Waals surface area contributed by atoms with E-state index in [2.05, 4.69) is 21.2 Å². The summed E-state index contributed by atoms with van der Waals surface area (Å²) in [5.41, 5.74) is 0.980. The Morgan fingerprint density at radius 3 is 2.89 bits per heavy atom. The highest BCUT2D eigenvalue weighted by molar-refractivity contribution is 9.10. The van der Waals surface area contributed by atoms with Crippen molar-refractivity contribution in [1.29, 1.82) is 0 Å². The first-order valence-electron chi connectivity index (χ1n) is 5.98. The Labute approximate surface area is 118 Å². The molecule has 1 aliphatic carbocycles. The molecule has 98 valence electrons. The van der Waals surface area contributed by atoms with Crippen molar-refractivity contribution in [2.75, 3.05) is 0 Å². The Balaban J connectivity index is 1.91. The lowest BCUT2D eigenvalue weighted by atomic mass is 10.2. The van der Waals surface area contributed by atoms with Crippen molar-refractivity contribution in [3.8, 4) is 0 Å². The first kappa shape index (κ1) is 13.7. The number of amides is 1. The van der Waals surface area contributed by atoms with Gasteiger partial charge in [-0.1, -0.05) is 28.1 Å². The summed E-state index contributed by atoms with van der Waals surface area (Å²) in [7, 11) is -1.18. The lowest BCUT2D eigenvalue weighted by Gasteiger charge is -2.11. The lowest BCUT2D eigenvalue weighted by molar-refractivity contribution is -0.120. The molecule has 3 nitrogen and oxygen atoms in total. The third-order valence-electron chi connectivity index (χ3n) is 2.89. The minimum Gasteiger partial charge on any atom is -0.352 e. The number of rotatable bonds is 5. The standard InChI is InChI=1S/C13H16BrNO2S/c1-9(13(16)15-12-5-6-12)18(17)8-10-3-2-4-11(14)7-10/h2-4,7,9,12H,5-6,8H2,1H3,(H,15,16). The highest BCUT2D eigenvalue weighted by Gasteiger charge is 2.27. The van der Waals surface area contributed by atoms with E-state index in [1.54, 1.807) is 6.92 Å². The molecule has 1 N–H and O–H groups in total. The van der Waals surface area contributed by atoms with Crippen LogP contribution in [-0.2, 0) is 21.3 Å². The van der Waals surface area contributed by atoms with E-state index in [1.165, 1.54) is 0 Å². The second kappa shape index (κ2) is 5.97. The monoisotopic (exact) mass is 329 g/mol. The van der Waals surface area contributed by atoms with Crippen molar-refractivity contribution in [1.82, 2.24) is 5.32 Å². The minimum atomic E-state index is -1.18. The van der Waals surface area contributed by atoms with Crippen LogP contribution in [0.1, 0.15) is 25.3 Å². The van der Waals surface area contributed by atoms with E-state index in [0.29, 0.717) is 11.8 Å². The molecule has 2 unspecified atom stereocenters. The molecule has 0 aromatic heterocycles. The van der Waals surface area contributed by atoms with Gasteiger partial charge in [0.1, 0.15) is 5.25 Å². The summed E-state index contributed by atoms with van der Waals surface area (Å²) in [5.74, 6) is 0.324. The van der Waals surface area contributed by atoms with Gasteiger partial charge in [-0.05, 0) is 37.5 Å². The van der Waals surface area contributed by atoms with E-state index in [1.807, 2.05) is 24.3 Å². The number of carbonyl (C=O) groups excluding carboxylic acids is 1. The summed E-state index contributed by atoms with van der Waals surface area (Å²) in [6.07, 6.45) is 2.10. The summed E-state index contributed by atoms with van der Waals surface area (Å²) in [6.45, 7) is 1.73. The second-order valence-corrected chi connectivity index (χ2v) is 7.25. The van der Waals surface area contributed by atoms with Gasteiger partial charge >= 0.3 is 0 Å². The first-order chi connectivity index (χ1) is 8.56. The molecule has 1 aromatic rings. The van der Waals surface area contributed by atoms with Gasteiger partial charge in [0.15, 0.2) is 0 Å². The van der Waals surface area contributed by atoms with Crippen molar-refractivity contribution in [2.45, 2.75) is 36.8 Å². The molecule has 0 radical (unpaired) electrons. The molecule has 0 aliphatic heterocycles. The number of hydrogen-bond donors (Lipinski definition) is 1. The van der Waals surface area contributed by atoms with Crippen LogP contribution in [0.3, 0.4) is 0 Å². The molecule has 2 rings (SSSR count). The minimum absolute atomic E-state index is 0.0918. The molecular weight excluding hydrogens is 314 g/mol. The Bertz CT molecular complexity index is 474. The number of hydrogen-bond acceptors (Lipinski definition) is 2. The fraction of sp³-hybridized carbons (Fsp3) is 0.462. The summed E-state index contributed by atoms with van der Waals surface area (Å²) in [4.78, 5) is 11.8. The quantitative estimate of drug-likeness (QED) is 0.901. The fourth-order valence-electron chi connectivity index (χ4n) is 1.58. The van der Waals surface area contributed by atoms with Crippen LogP contribution < -0.4 is 5.32 Å². The zero-order chi connectivity index (χ0) is 13.1. The van der Waals surface area contributed by atoms with Gasteiger partial charge in [-0.2, -0.15) is 0 Å². The Kier molecular flexibility index (Phi) is 4.56. The van der Waals surface area contributed by atoms with Crippen LogP contribution in [0.5, 0.6) is 0 Å². The smallest absolute Gasteiger partial charge is 0.235 e. The zero-order valence-corrected chi connectivity index (χ0v) is 12.6. The molecule has 2 atom stereocenters. The Morgan fingerprint density at radius 1 is 1.56 bits per heavy atom. The van der Waals surface area contributed by atoms with Gasteiger partial charge in [0.05, 0.1) is 0 Å². The number of nitrogens with one attached hydrogen (secondary N) is 1. The van der Waals surface area contributed by atoms with Crippen molar-refractivity contribution < 1.29 is 9.00 Å². The van der Waals surface area contributed by atoms with Crippen molar-refractivity contribution >= 4 is 32.6 Å². The second-order valence-electron chi connectivity index (χ2n) is 4.58. The van der Waals surface area contributed by atoms with E-state index in [9.17, 15) is 9.00 Å². The Morgan fingerprint density at radius 2 is 2.28 bits per heavy atom. The molecule has 0 heterocycles. The van der Waals surface area contributed by atoms with E-state index in [0.717, 1.165) is 22.9 Å². The average Bonchev–Trinajstić information content (AvgIpc) is 3.11. The number of halogens is 1. The van der Waals surface area contributed by atoms with Crippen molar-refractivity contribution in [3.05, 3.63) is 34.3 Å².